The molecule has 0 fully saturated rings. The molecule has 34 heavy (non-hydrogen) atoms. The number of carbonyl (C=O) groups excluding carboxylic acids is 4. The lowest BCUT2D eigenvalue weighted by atomic mass is 10.1. The summed E-state index contributed by atoms with van der Waals surface area (Å²) in [4.78, 5) is 53.5. The number of amides is 3. The Bertz CT molecular complexity index is 1320. The van der Waals surface area contributed by atoms with Crippen molar-refractivity contribution in [2.45, 2.75) is 0 Å². The molecule has 0 N–H and O–H groups in total. The lowest BCUT2D eigenvalue weighted by Crippen LogP contribution is -2.51. The van der Waals surface area contributed by atoms with E-state index in [0.717, 1.165) is 5.01 Å². The van der Waals surface area contributed by atoms with Crippen molar-refractivity contribution in [1.29, 1.82) is 0 Å². The number of hydrazine groups is 1. The van der Waals surface area contributed by atoms with Crippen LogP contribution in [0.1, 0.15) is 41.4 Å². The van der Waals surface area contributed by atoms with Crippen molar-refractivity contribution < 1.29 is 19.2 Å². The van der Waals surface area contributed by atoms with Gasteiger partial charge in [-0.1, -0.05) is 41.9 Å². The predicted octanol–water partition coefficient (Wildman–Crippen LogP) is 6.93. The quantitative estimate of drug-likeness (QED) is 0.124. The number of nitrogens with zero attached hydrogens (tertiary/aromatic N) is 2. The Balaban J connectivity index is 1.82. The summed E-state index contributed by atoms with van der Waals surface area (Å²) in [5, 5.41) is 1.98. The summed E-state index contributed by atoms with van der Waals surface area (Å²) < 4.78 is 1.70. The van der Waals surface area contributed by atoms with Gasteiger partial charge in [-0.15, -0.1) is 0 Å². The number of ketones is 1. The number of Topliss-reactive ketones (excluding diaryl/α,β-unsaturated/α-hetero) is 1. The minimum absolute atomic E-state index is 0.0630. The standard InChI is InChI=1S/C23H11Br4ClN2O4/c24-17-15-16(18(25)20(27)19(17)26)23(34)30(22(15)33)29(10-14(31)11-4-2-1-3-5-11)21(32)12-6-8-13(28)9-7-12/h1-9H,10H2. The molecule has 0 saturated carbocycles. The Morgan fingerprint density at radius 2 is 1.24 bits per heavy atom. The summed E-state index contributed by atoms with van der Waals surface area (Å²) in [6.07, 6.45) is 0. The van der Waals surface area contributed by atoms with E-state index in [9.17, 15) is 19.2 Å². The maximum absolute atomic E-state index is 13.5. The van der Waals surface area contributed by atoms with E-state index in [0.29, 0.717) is 33.5 Å². The van der Waals surface area contributed by atoms with Crippen molar-refractivity contribution in [1.82, 2.24) is 10.0 Å². The van der Waals surface area contributed by atoms with Gasteiger partial charge >= 0.3 is 0 Å². The average molecular weight is 734 g/mol. The molecule has 3 aromatic rings. The molecule has 0 atom stereocenters. The second kappa shape index (κ2) is 10.0. The van der Waals surface area contributed by atoms with Gasteiger partial charge in [0.15, 0.2) is 5.78 Å². The van der Waals surface area contributed by atoms with Crippen molar-refractivity contribution in [2.75, 3.05) is 6.54 Å². The molecule has 1 aliphatic heterocycles. The minimum atomic E-state index is -0.746. The summed E-state index contributed by atoms with van der Waals surface area (Å²) in [6, 6.07) is 14.2. The first-order valence-corrected chi connectivity index (χ1v) is 13.1. The number of hydrogen-bond donors (Lipinski definition) is 0. The van der Waals surface area contributed by atoms with Crippen LogP contribution in [0.4, 0.5) is 0 Å². The second-order valence-electron chi connectivity index (χ2n) is 7.09. The van der Waals surface area contributed by atoms with E-state index >= 15 is 0 Å². The van der Waals surface area contributed by atoms with Crippen molar-refractivity contribution in [3.05, 3.63) is 99.8 Å². The average Bonchev–Trinajstić information content (AvgIpc) is 3.10. The van der Waals surface area contributed by atoms with Crippen molar-refractivity contribution >= 4 is 98.8 Å². The first kappa shape index (κ1) is 25.2. The molecule has 1 aliphatic rings. The van der Waals surface area contributed by atoms with Crippen LogP contribution < -0.4 is 0 Å². The molecule has 172 valence electrons. The highest BCUT2D eigenvalue weighted by molar-refractivity contribution is 9.15. The molecule has 11 heteroatoms. The molecule has 6 nitrogen and oxygen atoms in total. The lowest BCUT2D eigenvalue weighted by Gasteiger charge is -2.29. The fourth-order valence-corrected chi connectivity index (χ4v) is 5.97. The normalized spacial score (nSPS) is 12.7. The second-order valence-corrected chi connectivity index (χ2v) is 10.7. The van der Waals surface area contributed by atoms with Gasteiger partial charge in [0, 0.05) is 34.0 Å². The van der Waals surface area contributed by atoms with E-state index in [1.807, 2.05) is 0 Å². The maximum Gasteiger partial charge on any atom is 0.282 e. The van der Waals surface area contributed by atoms with Gasteiger partial charge in [0.05, 0.1) is 11.1 Å². The van der Waals surface area contributed by atoms with E-state index < -0.39 is 30.0 Å². The van der Waals surface area contributed by atoms with Gasteiger partial charge in [0.1, 0.15) is 6.54 Å². The fraction of sp³-hybridized carbons (Fsp3) is 0.0435. The molecule has 0 bridgehead atoms. The van der Waals surface area contributed by atoms with Crippen LogP contribution in [-0.2, 0) is 0 Å². The molecule has 1 heterocycles. The number of rotatable bonds is 5. The van der Waals surface area contributed by atoms with Crippen LogP contribution in [-0.4, -0.2) is 40.1 Å². The summed E-state index contributed by atoms with van der Waals surface area (Å²) in [5.41, 5.74) is 0.615. The first-order valence-electron chi connectivity index (χ1n) is 9.53. The number of benzene rings is 3. The topological polar surface area (TPSA) is 74.8 Å². The molecular weight excluding hydrogens is 723 g/mol. The minimum Gasteiger partial charge on any atom is -0.292 e. The molecule has 3 amide bonds. The van der Waals surface area contributed by atoms with E-state index in [-0.39, 0.29) is 16.7 Å². The third-order valence-electron chi connectivity index (χ3n) is 5.04. The third-order valence-corrected chi connectivity index (χ3v) is 10.1. The molecule has 3 aromatic carbocycles. The zero-order valence-corrected chi connectivity index (χ0v) is 23.9. The van der Waals surface area contributed by atoms with Crippen LogP contribution >= 0.6 is 75.3 Å². The zero-order chi connectivity index (χ0) is 24.7. The van der Waals surface area contributed by atoms with Crippen LogP contribution in [0.5, 0.6) is 0 Å². The third kappa shape index (κ3) is 4.42. The maximum atomic E-state index is 13.5. The Morgan fingerprint density at radius 3 is 1.74 bits per heavy atom. The summed E-state index contributed by atoms with van der Waals surface area (Å²) in [6.45, 7) is -0.533. The molecule has 0 radical (unpaired) electrons. The SMILES string of the molecule is O=C(CN(C(=O)c1ccc(Cl)cc1)N1C(=O)c2c(Br)c(Br)c(Br)c(Br)c2C1=O)c1ccccc1. The number of halogens is 5. The highest BCUT2D eigenvalue weighted by Gasteiger charge is 2.46. The largest absolute Gasteiger partial charge is 0.292 e. The van der Waals surface area contributed by atoms with Gasteiger partial charge < -0.3 is 0 Å². The monoisotopic (exact) mass is 730 g/mol. The van der Waals surface area contributed by atoms with Gasteiger partial charge in [0.2, 0.25) is 0 Å². The number of fused-ring (bicyclic) bond motifs is 1. The van der Waals surface area contributed by atoms with Gasteiger partial charge in [-0.3, -0.25) is 19.2 Å². The van der Waals surface area contributed by atoms with Crippen LogP contribution in [0.3, 0.4) is 0 Å². The Morgan fingerprint density at radius 1 is 0.735 bits per heavy atom. The highest BCUT2D eigenvalue weighted by atomic mass is 79.9. The molecule has 0 saturated heterocycles. The Hall–Kier alpha value is -1.85. The van der Waals surface area contributed by atoms with Crippen LogP contribution in [0.15, 0.2) is 72.5 Å². The molecule has 0 aromatic heterocycles. The summed E-state index contributed by atoms with van der Waals surface area (Å²) in [7, 11) is 0. The zero-order valence-electron chi connectivity index (χ0n) is 16.8. The molecular formula is C23H11Br4ClN2O4. The predicted molar refractivity (Wildman–Crippen MR) is 141 cm³/mol. The van der Waals surface area contributed by atoms with E-state index in [2.05, 4.69) is 63.7 Å². The van der Waals surface area contributed by atoms with Crippen LogP contribution in [0.2, 0.25) is 5.02 Å². The van der Waals surface area contributed by atoms with Crippen molar-refractivity contribution in [2.24, 2.45) is 0 Å². The van der Waals surface area contributed by atoms with Gasteiger partial charge in [-0.05, 0) is 88.0 Å². The van der Waals surface area contributed by atoms with Gasteiger partial charge in [0.25, 0.3) is 17.7 Å². The Kier molecular flexibility index (Phi) is 7.44. The molecule has 4 rings (SSSR count). The lowest BCUT2D eigenvalue weighted by molar-refractivity contribution is 0.00527. The first-order chi connectivity index (χ1) is 16.1. The smallest absolute Gasteiger partial charge is 0.282 e. The van der Waals surface area contributed by atoms with Gasteiger partial charge in [-0.25, -0.2) is 5.01 Å². The van der Waals surface area contributed by atoms with E-state index in [4.69, 9.17) is 11.6 Å². The molecule has 0 unspecified atom stereocenters. The van der Waals surface area contributed by atoms with Gasteiger partial charge in [-0.2, -0.15) is 5.01 Å². The number of carbonyl (C=O) groups is 4. The summed E-state index contributed by atoms with van der Waals surface area (Å²) >= 11 is 19.4. The van der Waals surface area contributed by atoms with Crippen LogP contribution in [0.25, 0.3) is 0 Å². The number of hydrogen-bond acceptors (Lipinski definition) is 4. The number of imide groups is 1. The Labute approximate surface area is 232 Å². The van der Waals surface area contributed by atoms with Crippen LogP contribution in [0, 0.1) is 0 Å². The van der Waals surface area contributed by atoms with Crippen molar-refractivity contribution in [3.8, 4) is 0 Å². The van der Waals surface area contributed by atoms with E-state index in [1.54, 1.807) is 30.3 Å². The fourth-order valence-electron chi connectivity index (χ4n) is 3.38. The van der Waals surface area contributed by atoms with Crippen molar-refractivity contribution in [3.63, 3.8) is 0 Å². The summed E-state index contributed by atoms with van der Waals surface area (Å²) in [5.74, 6) is -2.64. The molecule has 0 aliphatic carbocycles. The molecule has 0 spiro atoms. The van der Waals surface area contributed by atoms with E-state index in [1.165, 1.54) is 24.3 Å². The highest BCUT2D eigenvalue weighted by Crippen LogP contribution is 2.45.